The second kappa shape index (κ2) is 10.1. The molecule has 0 radical (unpaired) electrons. The van der Waals surface area contributed by atoms with Crippen molar-refractivity contribution in [3.63, 3.8) is 0 Å². The molecule has 0 aliphatic rings. The Morgan fingerprint density at radius 2 is 1.55 bits per heavy atom. The van der Waals surface area contributed by atoms with Crippen molar-refractivity contribution < 1.29 is 14.1 Å². The van der Waals surface area contributed by atoms with E-state index in [1.54, 1.807) is 7.11 Å². The first kappa shape index (κ1) is 22.3. The van der Waals surface area contributed by atoms with Crippen LogP contribution >= 0.6 is 0 Å². The summed E-state index contributed by atoms with van der Waals surface area (Å²) in [5.41, 5.74) is 2.30. The van der Waals surface area contributed by atoms with E-state index in [1.165, 1.54) is 0 Å². The standard InChI is InChI=1S/C27H27N3O3/c1-27(21-10-5-3-6-11-21,22-12-7-4-8-13-22)29-24(31)14-9-15-25-28-26(30-33-25)20-16-18-23(32-2)19-17-20/h3-8,10-13,16-19H,9,14-15H2,1-2H3,(H,29,31). The van der Waals surface area contributed by atoms with E-state index in [2.05, 4.69) is 15.5 Å². The molecule has 3 aromatic carbocycles. The molecule has 1 aromatic heterocycles. The van der Waals surface area contributed by atoms with E-state index in [-0.39, 0.29) is 5.91 Å². The van der Waals surface area contributed by atoms with Gasteiger partial charge in [0.15, 0.2) is 0 Å². The summed E-state index contributed by atoms with van der Waals surface area (Å²) in [6.07, 6.45) is 1.50. The van der Waals surface area contributed by atoms with E-state index in [0.717, 1.165) is 22.4 Å². The number of carbonyl (C=O) groups is 1. The maximum atomic E-state index is 12.9. The molecule has 1 heterocycles. The summed E-state index contributed by atoms with van der Waals surface area (Å²) in [6, 6.07) is 27.5. The zero-order valence-corrected chi connectivity index (χ0v) is 18.8. The Balaban J connectivity index is 1.38. The third-order valence-corrected chi connectivity index (χ3v) is 5.70. The summed E-state index contributed by atoms with van der Waals surface area (Å²) in [6.45, 7) is 2.04. The zero-order chi connectivity index (χ0) is 23.1. The Hall–Kier alpha value is -3.93. The monoisotopic (exact) mass is 441 g/mol. The molecule has 33 heavy (non-hydrogen) atoms. The van der Waals surface area contributed by atoms with Crippen molar-refractivity contribution in [1.29, 1.82) is 0 Å². The highest BCUT2D eigenvalue weighted by Crippen LogP contribution is 2.29. The minimum Gasteiger partial charge on any atom is -0.497 e. The molecule has 0 saturated heterocycles. The number of benzene rings is 3. The van der Waals surface area contributed by atoms with Gasteiger partial charge in [0.05, 0.1) is 12.6 Å². The number of aromatic nitrogens is 2. The molecule has 0 fully saturated rings. The number of nitrogens with one attached hydrogen (secondary N) is 1. The molecule has 0 unspecified atom stereocenters. The Kier molecular flexibility index (Phi) is 6.83. The van der Waals surface area contributed by atoms with Crippen LogP contribution in [0.2, 0.25) is 0 Å². The van der Waals surface area contributed by atoms with Crippen molar-refractivity contribution in [1.82, 2.24) is 15.5 Å². The molecule has 6 nitrogen and oxygen atoms in total. The molecule has 0 bridgehead atoms. The SMILES string of the molecule is COc1ccc(-c2noc(CCCC(=O)NC(C)(c3ccccc3)c3ccccc3)n2)cc1. The topological polar surface area (TPSA) is 77.2 Å². The number of methoxy groups -OCH3 is 1. The molecule has 1 amide bonds. The fourth-order valence-electron chi connectivity index (χ4n) is 3.81. The van der Waals surface area contributed by atoms with E-state index in [9.17, 15) is 4.79 Å². The molecule has 0 saturated carbocycles. The van der Waals surface area contributed by atoms with Gasteiger partial charge in [0.25, 0.3) is 0 Å². The van der Waals surface area contributed by atoms with Gasteiger partial charge in [0, 0.05) is 18.4 Å². The van der Waals surface area contributed by atoms with Crippen LogP contribution in [0.15, 0.2) is 89.5 Å². The van der Waals surface area contributed by atoms with Crippen molar-refractivity contribution in [3.8, 4) is 17.1 Å². The Morgan fingerprint density at radius 3 is 2.12 bits per heavy atom. The van der Waals surface area contributed by atoms with Gasteiger partial charge in [-0.1, -0.05) is 65.8 Å². The van der Waals surface area contributed by atoms with E-state index in [0.29, 0.717) is 31.0 Å². The predicted molar refractivity (Wildman–Crippen MR) is 127 cm³/mol. The number of carbonyl (C=O) groups excluding carboxylic acids is 1. The Labute approximate surface area is 193 Å². The maximum Gasteiger partial charge on any atom is 0.226 e. The minimum absolute atomic E-state index is 0.0277. The molecule has 1 N–H and O–H groups in total. The van der Waals surface area contributed by atoms with E-state index < -0.39 is 5.54 Å². The number of ether oxygens (including phenoxy) is 1. The second-order valence-electron chi connectivity index (χ2n) is 8.00. The van der Waals surface area contributed by atoms with Gasteiger partial charge in [0.2, 0.25) is 17.6 Å². The van der Waals surface area contributed by atoms with Crippen molar-refractivity contribution in [3.05, 3.63) is 102 Å². The number of rotatable bonds is 9. The van der Waals surface area contributed by atoms with Gasteiger partial charge in [-0.3, -0.25) is 4.79 Å². The molecule has 0 spiro atoms. The highest BCUT2D eigenvalue weighted by molar-refractivity contribution is 5.77. The van der Waals surface area contributed by atoms with Crippen molar-refractivity contribution >= 4 is 5.91 Å². The van der Waals surface area contributed by atoms with Gasteiger partial charge in [-0.2, -0.15) is 4.98 Å². The van der Waals surface area contributed by atoms with Gasteiger partial charge in [-0.05, 0) is 48.7 Å². The average Bonchev–Trinajstić information content (AvgIpc) is 3.34. The van der Waals surface area contributed by atoms with Gasteiger partial charge >= 0.3 is 0 Å². The van der Waals surface area contributed by atoms with Crippen LogP contribution in [0.5, 0.6) is 5.75 Å². The lowest BCUT2D eigenvalue weighted by atomic mass is 9.84. The number of aryl methyl sites for hydroxylation is 1. The minimum atomic E-state index is -0.619. The number of amides is 1. The molecule has 0 atom stereocenters. The Bertz CT molecular complexity index is 1130. The number of nitrogens with zero attached hydrogens (tertiary/aromatic N) is 2. The lowest BCUT2D eigenvalue weighted by Gasteiger charge is -2.32. The zero-order valence-electron chi connectivity index (χ0n) is 18.8. The van der Waals surface area contributed by atoms with Crippen molar-refractivity contribution in [2.45, 2.75) is 31.7 Å². The summed E-state index contributed by atoms with van der Waals surface area (Å²) in [7, 11) is 1.62. The molecule has 4 rings (SSSR count). The molecule has 0 aliphatic carbocycles. The quantitative estimate of drug-likeness (QED) is 0.389. The summed E-state index contributed by atoms with van der Waals surface area (Å²) in [5, 5.41) is 7.29. The molecular formula is C27H27N3O3. The van der Waals surface area contributed by atoms with Gasteiger partial charge in [-0.15, -0.1) is 0 Å². The van der Waals surface area contributed by atoms with Gasteiger partial charge in [-0.25, -0.2) is 0 Å². The molecule has 4 aromatic rings. The van der Waals surface area contributed by atoms with Crippen LogP contribution in [0, 0.1) is 0 Å². The first-order valence-electron chi connectivity index (χ1n) is 11.0. The lowest BCUT2D eigenvalue weighted by molar-refractivity contribution is -0.122. The lowest BCUT2D eigenvalue weighted by Crippen LogP contribution is -2.44. The van der Waals surface area contributed by atoms with Gasteiger partial charge in [0.1, 0.15) is 5.75 Å². The van der Waals surface area contributed by atoms with Crippen LogP contribution in [0.1, 0.15) is 36.8 Å². The second-order valence-corrected chi connectivity index (χ2v) is 8.00. The third kappa shape index (κ3) is 5.29. The normalized spacial score (nSPS) is 11.2. The summed E-state index contributed by atoms with van der Waals surface area (Å²) < 4.78 is 10.5. The largest absolute Gasteiger partial charge is 0.497 e. The number of hydrogen-bond acceptors (Lipinski definition) is 5. The molecular weight excluding hydrogens is 414 g/mol. The number of hydrogen-bond donors (Lipinski definition) is 1. The molecule has 168 valence electrons. The van der Waals surface area contributed by atoms with Crippen LogP contribution in [0.25, 0.3) is 11.4 Å². The predicted octanol–water partition coefficient (Wildman–Crippen LogP) is 5.15. The summed E-state index contributed by atoms with van der Waals surface area (Å²) >= 11 is 0. The van der Waals surface area contributed by atoms with Gasteiger partial charge < -0.3 is 14.6 Å². The van der Waals surface area contributed by atoms with E-state index in [4.69, 9.17) is 9.26 Å². The van der Waals surface area contributed by atoms with Crippen LogP contribution in [0.3, 0.4) is 0 Å². The van der Waals surface area contributed by atoms with Crippen molar-refractivity contribution in [2.75, 3.05) is 7.11 Å². The Morgan fingerprint density at radius 1 is 0.939 bits per heavy atom. The van der Waals surface area contributed by atoms with Crippen LogP contribution in [-0.2, 0) is 16.8 Å². The smallest absolute Gasteiger partial charge is 0.226 e. The highest BCUT2D eigenvalue weighted by Gasteiger charge is 2.30. The van der Waals surface area contributed by atoms with Crippen LogP contribution < -0.4 is 10.1 Å². The first-order valence-corrected chi connectivity index (χ1v) is 11.0. The highest BCUT2D eigenvalue weighted by atomic mass is 16.5. The molecule has 0 aliphatic heterocycles. The fraction of sp³-hybridized carbons (Fsp3) is 0.222. The van der Waals surface area contributed by atoms with Crippen molar-refractivity contribution in [2.24, 2.45) is 0 Å². The van der Waals surface area contributed by atoms with Crippen LogP contribution in [-0.4, -0.2) is 23.2 Å². The van der Waals surface area contributed by atoms with E-state index in [1.807, 2.05) is 91.9 Å². The fourth-order valence-corrected chi connectivity index (χ4v) is 3.81. The third-order valence-electron chi connectivity index (χ3n) is 5.70. The maximum absolute atomic E-state index is 12.9. The average molecular weight is 442 g/mol. The van der Waals surface area contributed by atoms with Crippen LogP contribution in [0.4, 0.5) is 0 Å². The van der Waals surface area contributed by atoms with E-state index >= 15 is 0 Å². The first-order chi connectivity index (χ1) is 16.1. The summed E-state index contributed by atoms with van der Waals surface area (Å²) in [5.74, 6) is 1.78. The summed E-state index contributed by atoms with van der Waals surface area (Å²) in [4.78, 5) is 17.3. The molecule has 6 heteroatoms.